The van der Waals surface area contributed by atoms with Crippen LogP contribution in [0.3, 0.4) is 0 Å². The van der Waals surface area contributed by atoms with Crippen LogP contribution < -0.4 is 4.90 Å². The Balaban J connectivity index is 1.33. The highest BCUT2D eigenvalue weighted by Crippen LogP contribution is 2.39. The Labute approximate surface area is 233 Å². The maximum Gasteiger partial charge on any atom is 0.306 e. The number of ether oxygens (including phenoxy) is 1. The molecule has 0 bridgehead atoms. The van der Waals surface area contributed by atoms with Crippen molar-refractivity contribution in [3.63, 3.8) is 0 Å². The number of carbonyl (C=O) groups is 1. The summed E-state index contributed by atoms with van der Waals surface area (Å²) in [5.41, 5.74) is 1.70. The summed E-state index contributed by atoms with van der Waals surface area (Å²) in [7, 11) is 0. The minimum Gasteiger partial charge on any atom is -0.494 e. The van der Waals surface area contributed by atoms with Crippen LogP contribution in [0.5, 0.6) is 11.8 Å². The number of nitrogens with zero attached hydrogens (tertiary/aromatic N) is 4. The summed E-state index contributed by atoms with van der Waals surface area (Å²) in [5, 5.41) is 21.8. The summed E-state index contributed by atoms with van der Waals surface area (Å²) < 4.78 is 7.57. The van der Waals surface area contributed by atoms with Gasteiger partial charge in [-0.15, -0.1) is 6.58 Å². The Hall–Kier alpha value is -3.00. The Morgan fingerprint density at radius 1 is 0.949 bits per heavy atom. The van der Waals surface area contributed by atoms with E-state index in [1.54, 1.807) is 4.57 Å². The summed E-state index contributed by atoms with van der Waals surface area (Å²) in [6, 6.07) is 5.96. The lowest BCUT2D eigenvalue weighted by molar-refractivity contribution is -0.151. The first-order valence-corrected chi connectivity index (χ1v) is 14.9. The number of esters is 1. The first-order chi connectivity index (χ1) is 19.1. The van der Waals surface area contributed by atoms with Crippen LogP contribution in [0, 0.1) is 0 Å². The molecule has 4 rings (SSSR count). The van der Waals surface area contributed by atoms with Gasteiger partial charge in [-0.05, 0) is 57.1 Å². The van der Waals surface area contributed by atoms with E-state index in [0.717, 1.165) is 94.5 Å². The van der Waals surface area contributed by atoms with Crippen molar-refractivity contribution < 1.29 is 19.7 Å². The number of aromatic hydroxyl groups is 2. The summed E-state index contributed by atoms with van der Waals surface area (Å²) in [6.45, 7) is 7.93. The van der Waals surface area contributed by atoms with Gasteiger partial charge in [0, 0.05) is 56.5 Å². The molecule has 1 aliphatic heterocycles. The van der Waals surface area contributed by atoms with Gasteiger partial charge in [0.1, 0.15) is 11.9 Å². The van der Waals surface area contributed by atoms with Gasteiger partial charge in [0.2, 0.25) is 0 Å². The molecule has 1 unspecified atom stereocenters. The number of hydrogen-bond donors (Lipinski definition) is 2. The van der Waals surface area contributed by atoms with Crippen LogP contribution in [-0.4, -0.2) is 69.5 Å². The molecule has 0 spiro atoms. The van der Waals surface area contributed by atoms with E-state index in [1.807, 2.05) is 30.5 Å². The maximum absolute atomic E-state index is 12.9. The van der Waals surface area contributed by atoms with Gasteiger partial charge >= 0.3 is 5.97 Å². The van der Waals surface area contributed by atoms with Gasteiger partial charge in [-0.1, -0.05) is 37.8 Å². The number of pyridine rings is 1. The molecule has 1 atom stereocenters. The van der Waals surface area contributed by atoms with Crippen LogP contribution in [0.25, 0.3) is 0 Å². The van der Waals surface area contributed by atoms with E-state index < -0.39 is 6.10 Å². The van der Waals surface area contributed by atoms with E-state index >= 15 is 0 Å². The van der Waals surface area contributed by atoms with Crippen LogP contribution in [0.4, 0.5) is 5.82 Å². The van der Waals surface area contributed by atoms with Crippen molar-refractivity contribution in [3.8, 4) is 11.8 Å². The fraction of sp³-hybridized carbons (Fsp3) is 0.613. The number of unbranched alkanes of at least 4 members (excludes halogenated alkanes) is 6. The van der Waals surface area contributed by atoms with Crippen molar-refractivity contribution >= 4 is 11.8 Å². The van der Waals surface area contributed by atoms with Gasteiger partial charge in [-0.3, -0.25) is 14.3 Å². The molecule has 0 aromatic carbocycles. The van der Waals surface area contributed by atoms with Crippen LogP contribution in [0.1, 0.15) is 75.3 Å². The molecule has 1 saturated heterocycles. The minimum absolute atomic E-state index is 0.125. The smallest absolute Gasteiger partial charge is 0.306 e. The standard InChI is InChI=1S/C31H46N4O4/c1-2-3-4-5-6-7-8-9-17-29(36)39-25(24-35-30(37)26-14-10-11-15-27(26)31(35)38)23-33-19-21-34(22-20-33)28-16-12-13-18-32-28/h2,12-13,16,18,25,37-38H,1,3-11,14-15,17,19-24H2. The SMILES string of the molecule is C=CCCCCCCCCC(=O)OC(CN1CCN(c2ccccn2)CC1)Cn1c(O)c2c(c1O)CCCC2. The molecule has 8 heteroatoms. The molecule has 0 radical (unpaired) electrons. The Bertz CT molecular complexity index is 1020. The Morgan fingerprint density at radius 3 is 2.26 bits per heavy atom. The third-order valence-corrected chi connectivity index (χ3v) is 8.05. The van der Waals surface area contributed by atoms with Crippen molar-refractivity contribution in [2.75, 3.05) is 37.6 Å². The second-order valence-electron chi connectivity index (χ2n) is 11.0. The zero-order valence-electron chi connectivity index (χ0n) is 23.4. The zero-order valence-corrected chi connectivity index (χ0v) is 23.4. The number of aromatic nitrogens is 2. The summed E-state index contributed by atoms with van der Waals surface area (Å²) >= 11 is 0. The number of allylic oxidation sites excluding steroid dienone is 1. The van der Waals surface area contributed by atoms with Gasteiger partial charge in [0.05, 0.1) is 6.54 Å². The van der Waals surface area contributed by atoms with E-state index in [2.05, 4.69) is 21.4 Å². The van der Waals surface area contributed by atoms with Gasteiger partial charge in [-0.25, -0.2) is 4.98 Å². The number of anilines is 1. The van der Waals surface area contributed by atoms with Crippen molar-refractivity contribution in [2.45, 2.75) is 89.7 Å². The largest absolute Gasteiger partial charge is 0.494 e. The lowest BCUT2D eigenvalue weighted by Crippen LogP contribution is -2.49. The molecule has 2 aromatic heterocycles. The first-order valence-electron chi connectivity index (χ1n) is 14.9. The third-order valence-electron chi connectivity index (χ3n) is 8.05. The number of carbonyl (C=O) groups excluding carboxylic acids is 1. The monoisotopic (exact) mass is 538 g/mol. The molecule has 2 N–H and O–H groups in total. The van der Waals surface area contributed by atoms with Crippen molar-refractivity contribution in [2.24, 2.45) is 0 Å². The zero-order chi connectivity index (χ0) is 27.5. The number of rotatable bonds is 15. The van der Waals surface area contributed by atoms with E-state index in [0.29, 0.717) is 13.0 Å². The molecule has 0 saturated carbocycles. The molecule has 39 heavy (non-hydrogen) atoms. The van der Waals surface area contributed by atoms with Gasteiger partial charge < -0.3 is 19.8 Å². The predicted molar refractivity (Wildman–Crippen MR) is 154 cm³/mol. The van der Waals surface area contributed by atoms with Crippen LogP contribution >= 0.6 is 0 Å². The van der Waals surface area contributed by atoms with Crippen LogP contribution in [-0.2, 0) is 28.9 Å². The normalized spacial score (nSPS) is 16.6. The molecular formula is C31H46N4O4. The Morgan fingerprint density at radius 2 is 1.62 bits per heavy atom. The van der Waals surface area contributed by atoms with E-state index in [4.69, 9.17) is 4.74 Å². The predicted octanol–water partition coefficient (Wildman–Crippen LogP) is 5.21. The molecule has 8 nitrogen and oxygen atoms in total. The quantitative estimate of drug-likeness (QED) is 0.183. The molecule has 1 fully saturated rings. The van der Waals surface area contributed by atoms with Crippen LogP contribution in [0.15, 0.2) is 37.1 Å². The second-order valence-corrected chi connectivity index (χ2v) is 11.0. The highest BCUT2D eigenvalue weighted by molar-refractivity contribution is 5.69. The fourth-order valence-corrected chi connectivity index (χ4v) is 5.83. The van der Waals surface area contributed by atoms with E-state index in [1.165, 1.54) is 19.3 Å². The van der Waals surface area contributed by atoms with Crippen molar-refractivity contribution in [1.82, 2.24) is 14.5 Å². The van der Waals surface area contributed by atoms with E-state index in [-0.39, 0.29) is 24.3 Å². The highest BCUT2D eigenvalue weighted by atomic mass is 16.5. The average molecular weight is 539 g/mol. The molecule has 2 aromatic rings. The highest BCUT2D eigenvalue weighted by Gasteiger charge is 2.29. The van der Waals surface area contributed by atoms with Crippen molar-refractivity contribution in [3.05, 3.63) is 48.2 Å². The molecule has 1 aliphatic carbocycles. The van der Waals surface area contributed by atoms with Gasteiger partial charge in [0.25, 0.3) is 0 Å². The van der Waals surface area contributed by atoms with Crippen molar-refractivity contribution in [1.29, 1.82) is 0 Å². The van der Waals surface area contributed by atoms with Gasteiger partial charge in [-0.2, -0.15) is 0 Å². The minimum atomic E-state index is -0.455. The average Bonchev–Trinajstić information content (AvgIpc) is 3.20. The van der Waals surface area contributed by atoms with E-state index in [9.17, 15) is 15.0 Å². The molecule has 3 heterocycles. The fourth-order valence-electron chi connectivity index (χ4n) is 5.83. The first kappa shape index (κ1) is 29.0. The number of fused-ring (bicyclic) bond motifs is 1. The summed E-state index contributed by atoms with van der Waals surface area (Å²) in [6.07, 6.45) is 14.9. The lowest BCUT2D eigenvalue weighted by atomic mass is 9.95. The Kier molecular flexibility index (Phi) is 11.1. The molecule has 0 amide bonds. The molecule has 214 valence electrons. The maximum atomic E-state index is 12.9. The number of hydrogen-bond acceptors (Lipinski definition) is 7. The third kappa shape index (κ3) is 8.24. The second kappa shape index (κ2) is 15.0. The summed E-state index contributed by atoms with van der Waals surface area (Å²) in [5.74, 6) is 1.03. The molecule has 2 aliphatic rings. The topological polar surface area (TPSA) is 91.1 Å². The lowest BCUT2D eigenvalue weighted by Gasteiger charge is -2.37. The summed E-state index contributed by atoms with van der Waals surface area (Å²) in [4.78, 5) is 21.9. The van der Waals surface area contributed by atoms with Gasteiger partial charge in [0.15, 0.2) is 11.8 Å². The molecular weight excluding hydrogens is 492 g/mol. The van der Waals surface area contributed by atoms with Crippen LogP contribution in [0.2, 0.25) is 0 Å². The number of piperazine rings is 1.